The van der Waals surface area contributed by atoms with Gasteiger partial charge < -0.3 is 24.7 Å². The van der Waals surface area contributed by atoms with Crippen LogP contribution < -0.4 is 10.6 Å². The number of fused-ring (bicyclic) bond motifs is 1. The predicted molar refractivity (Wildman–Crippen MR) is 120 cm³/mol. The average Bonchev–Trinajstić information content (AvgIpc) is 3.10. The minimum absolute atomic E-state index is 0. The summed E-state index contributed by atoms with van der Waals surface area (Å²) in [7, 11) is 1.77. The van der Waals surface area contributed by atoms with E-state index in [1.54, 1.807) is 11.9 Å². The Morgan fingerprint density at radius 3 is 2.82 bits per heavy atom. The molecule has 9 heteroatoms. The molecule has 0 aliphatic carbocycles. The van der Waals surface area contributed by atoms with Gasteiger partial charge in [0.25, 0.3) is 0 Å². The maximum Gasteiger partial charge on any atom is 0.409 e. The lowest BCUT2D eigenvalue weighted by molar-refractivity contribution is 0.0963. The first-order chi connectivity index (χ1) is 13.2. The van der Waals surface area contributed by atoms with Gasteiger partial charge in [0.2, 0.25) is 0 Å². The molecule has 2 aromatic rings. The molecule has 154 valence electrons. The smallest absolute Gasteiger partial charge is 0.409 e. The lowest BCUT2D eigenvalue weighted by atomic mass is 10.1. The van der Waals surface area contributed by atoms with Gasteiger partial charge in [-0.3, -0.25) is 4.99 Å². The highest BCUT2D eigenvalue weighted by molar-refractivity contribution is 14.0. The molecule has 0 aromatic carbocycles. The molecule has 8 nitrogen and oxygen atoms in total. The number of pyridine rings is 1. The van der Waals surface area contributed by atoms with E-state index < -0.39 is 0 Å². The Balaban J connectivity index is 0.00000280. The summed E-state index contributed by atoms with van der Waals surface area (Å²) < 4.78 is 7.09. The van der Waals surface area contributed by atoms with E-state index in [0.717, 1.165) is 43.1 Å². The monoisotopic (exact) mass is 500 g/mol. The molecule has 1 amide bonds. The van der Waals surface area contributed by atoms with E-state index in [0.29, 0.717) is 25.7 Å². The van der Waals surface area contributed by atoms with Crippen molar-refractivity contribution in [3.8, 4) is 0 Å². The molecule has 3 heterocycles. The zero-order chi connectivity index (χ0) is 19.1. The molecule has 1 fully saturated rings. The first kappa shape index (κ1) is 22.3. The Bertz CT molecular complexity index is 753. The van der Waals surface area contributed by atoms with Crippen LogP contribution >= 0.6 is 24.0 Å². The van der Waals surface area contributed by atoms with Crippen LogP contribution in [0.25, 0.3) is 5.65 Å². The van der Waals surface area contributed by atoms with Gasteiger partial charge in [0.1, 0.15) is 5.65 Å². The number of carbonyl (C=O) groups excluding carboxylic acids is 1. The molecule has 0 saturated carbocycles. The van der Waals surface area contributed by atoms with Crippen LogP contribution in [0.5, 0.6) is 0 Å². The van der Waals surface area contributed by atoms with Gasteiger partial charge >= 0.3 is 6.09 Å². The van der Waals surface area contributed by atoms with E-state index in [2.05, 4.69) is 26.8 Å². The number of nitrogens with zero attached hydrogens (tertiary/aromatic N) is 4. The zero-order valence-electron chi connectivity index (χ0n) is 16.4. The van der Waals surface area contributed by atoms with E-state index in [9.17, 15) is 4.79 Å². The highest BCUT2D eigenvalue weighted by Crippen LogP contribution is 2.11. The van der Waals surface area contributed by atoms with Crippen molar-refractivity contribution in [3.05, 3.63) is 36.3 Å². The third kappa shape index (κ3) is 5.98. The molecular formula is C19H29IN6O2. The molecule has 1 aliphatic rings. The van der Waals surface area contributed by atoms with Crippen molar-refractivity contribution in [1.29, 1.82) is 0 Å². The number of halogens is 1. The van der Waals surface area contributed by atoms with E-state index in [-0.39, 0.29) is 30.1 Å². The third-order valence-corrected chi connectivity index (χ3v) is 4.67. The van der Waals surface area contributed by atoms with E-state index in [1.807, 2.05) is 35.7 Å². The van der Waals surface area contributed by atoms with Gasteiger partial charge in [-0.15, -0.1) is 24.0 Å². The van der Waals surface area contributed by atoms with Crippen LogP contribution in [0.2, 0.25) is 0 Å². The maximum absolute atomic E-state index is 11.8. The molecule has 28 heavy (non-hydrogen) atoms. The summed E-state index contributed by atoms with van der Waals surface area (Å²) >= 11 is 0. The van der Waals surface area contributed by atoms with Crippen LogP contribution in [0, 0.1) is 0 Å². The summed E-state index contributed by atoms with van der Waals surface area (Å²) in [4.78, 5) is 22.4. The average molecular weight is 500 g/mol. The number of guanidine groups is 1. The quantitative estimate of drug-likeness (QED) is 0.374. The summed E-state index contributed by atoms with van der Waals surface area (Å²) in [6.07, 6.45) is 6.42. The number of hydrogen-bond acceptors (Lipinski definition) is 4. The Labute approximate surface area is 182 Å². The highest BCUT2D eigenvalue weighted by atomic mass is 127. The van der Waals surface area contributed by atoms with Gasteiger partial charge in [-0.2, -0.15) is 0 Å². The molecule has 0 bridgehead atoms. The first-order valence-electron chi connectivity index (χ1n) is 9.51. The Kier molecular flexibility index (Phi) is 8.81. The van der Waals surface area contributed by atoms with Gasteiger partial charge in [0.05, 0.1) is 12.3 Å². The van der Waals surface area contributed by atoms with Crippen LogP contribution in [0.4, 0.5) is 4.79 Å². The number of ether oxygens (including phenoxy) is 1. The molecule has 1 saturated heterocycles. The zero-order valence-corrected chi connectivity index (χ0v) is 18.8. The minimum Gasteiger partial charge on any atom is -0.450 e. The van der Waals surface area contributed by atoms with Crippen LogP contribution in [0.15, 0.2) is 35.6 Å². The van der Waals surface area contributed by atoms with Crippen LogP contribution in [0.3, 0.4) is 0 Å². The third-order valence-electron chi connectivity index (χ3n) is 4.67. The van der Waals surface area contributed by atoms with Gasteiger partial charge in [0, 0.05) is 51.5 Å². The SMILES string of the molecule is CCOC(=O)N1CCC(NC(=NC)NCCc2cn3ccccc3n2)CC1.I. The molecule has 0 radical (unpaired) electrons. The summed E-state index contributed by atoms with van der Waals surface area (Å²) in [5, 5.41) is 6.79. The molecule has 2 aromatic heterocycles. The van der Waals surface area contributed by atoms with E-state index >= 15 is 0 Å². The maximum atomic E-state index is 11.8. The second-order valence-electron chi connectivity index (χ2n) is 6.55. The number of hydrogen-bond donors (Lipinski definition) is 2. The van der Waals surface area contributed by atoms with Crippen molar-refractivity contribution in [2.24, 2.45) is 4.99 Å². The van der Waals surface area contributed by atoms with Gasteiger partial charge in [0.15, 0.2) is 5.96 Å². The second-order valence-corrected chi connectivity index (χ2v) is 6.55. The fraction of sp³-hybridized carbons (Fsp3) is 0.526. The number of carbonyl (C=O) groups is 1. The fourth-order valence-corrected chi connectivity index (χ4v) is 3.23. The van der Waals surface area contributed by atoms with E-state index in [4.69, 9.17) is 4.74 Å². The fourth-order valence-electron chi connectivity index (χ4n) is 3.23. The molecule has 3 rings (SSSR count). The molecule has 2 N–H and O–H groups in total. The van der Waals surface area contributed by atoms with Gasteiger partial charge in [-0.05, 0) is 31.9 Å². The predicted octanol–water partition coefficient (Wildman–Crippen LogP) is 2.28. The number of imidazole rings is 1. The van der Waals surface area contributed by atoms with Gasteiger partial charge in [-0.1, -0.05) is 6.07 Å². The highest BCUT2D eigenvalue weighted by Gasteiger charge is 2.23. The minimum atomic E-state index is -0.217. The largest absolute Gasteiger partial charge is 0.450 e. The first-order valence-corrected chi connectivity index (χ1v) is 9.51. The van der Waals surface area contributed by atoms with Crippen LogP contribution in [-0.4, -0.2) is 65.7 Å². The number of rotatable bonds is 5. The number of amides is 1. The van der Waals surface area contributed by atoms with Gasteiger partial charge in [-0.25, -0.2) is 9.78 Å². The Hall–Kier alpha value is -2.04. The molecule has 0 atom stereocenters. The van der Waals surface area contributed by atoms with Crippen molar-refractivity contribution in [1.82, 2.24) is 24.9 Å². The molecule has 0 unspecified atom stereocenters. The van der Waals surface area contributed by atoms with Crippen molar-refractivity contribution in [2.75, 3.05) is 33.3 Å². The van der Waals surface area contributed by atoms with E-state index in [1.165, 1.54) is 0 Å². The lowest BCUT2D eigenvalue weighted by Crippen LogP contribution is -2.50. The second kappa shape index (κ2) is 11.1. The summed E-state index contributed by atoms with van der Waals surface area (Å²) in [5.41, 5.74) is 2.01. The normalized spacial score (nSPS) is 15.2. The van der Waals surface area contributed by atoms with Crippen molar-refractivity contribution in [3.63, 3.8) is 0 Å². The number of piperidine rings is 1. The molecule has 1 aliphatic heterocycles. The van der Waals surface area contributed by atoms with Crippen molar-refractivity contribution < 1.29 is 9.53 Å². The summed E-state index contributed by atoms with van der Waals surface area (Å²) in [6, 6.07) is 6.29. The number of nitrogens with one attached hydrogen (secondary N) is 2. The van der Waals surface area contributed by atoms with Crippen molar-refractivity contribution >= 4 is 41.7 Å². The number of aromatic nitrogens is 2. The number of aliphatic imine (C=N–C) groups is 1. The number of likely N-dealkylation sites (tertiary alicyclic amines) is 1. The molecular weight excluding hydrogens is 471 g/mol. The Morgan fingerprint density at radius 1 is 1.36 bits per heavy atom. The standard InChI is InChI=1S/C19H28N6O2.HI/c1-3-27-19(26)24-12-8-15(9-13-24)23-18(20-2)21-10-7-16-14-25-11-5-4-6-17(25)22-16;/h4-6,11,14-15H,3,7-10,12-13H2,1-2H3,(H2,20,21,23);1H. The van der Waals surface area contributed by atoms with Crippen LogP contribution in [-0.2, 0) is 11.2 Å². The molecule has 0 spiro atoms. The topological polar surface area (TPSA) is 83.3 Å². The van der Waals surface area contributed by atoms with Crippen LogP contribution in [0.1, 0.15) is 25.5 Å². The van der Waals surface area contributed by atoms with Crippen molar-refractivity contribution in [2.45, 2.75) is 32.2 Å². The Morgan fingerprint density at radius 2 is 2.14 bits per heavy atom. The summed E-state index contributed by atoms with van der Waals surface area (Å²) in [5.74, 6) is 0.786. The summed E-state index contributed by atoms with van der Waals surface area (Å²) in [6.45, 7) is 4.41. The lowest BCUT2D eigenvalue weighted by Gasteiger charge is -2.32.